The molecule has 1 rings (SSSR count). The van der Waals surface area contributed by atoms with Crippen LogP contribution >= 0.6 is 0 Å². The maximum atomic E-state index is 11.5. The van der Waals surface area contributed by atoms with E-state index in [2.05, 4.69) is 5.32 Å². The smallest absolute Gasteiger partial charge is 0.407 e. The number of hydrogen-bond acceptors (Lipinski definition) is 2. The van der Waals surface area contributed by atoms with E-state index >= 15 is 0 Å². The van der Waals surface area contributed by atoms with Crippen LogP contribution in [0.2, 0.25) is 0 Å². The molecule has 1 aromatic carbocycles. The Kier molecular flexibility index (Phi) is 4.35. The Hall–Kier alpha value is -1.51. The van der Waals surface area contributed by atoms with Crippen molar-refractivity contribution in [2.45, 2.75) is 39.3 Å². The van der Waals surface area contributed by atoms with Gasteiger partial charge in [0.1, 0.15) is 6.61 Å². The first-order chi connectivity index (χ1) is 7.53. The highest BCUT2D eigenvalue weighted by Gasteiger charge is 2.18. The maximum absolute atomic E-state index is 11.5. The van der Waals surface area contributed by atoms with Crippen LogP contribution in [0.15, 0.2) is 30.3 Å². The largest absolute Gasteiger partial charge is 0.445 e. The summed E-state index contributed by atoms with van der Waals surface area (Å²) >= 11 is 0. The average Bonchev–Trinajstić information content (AvgIpc) is 2.27. The summed E-state index contributed by atoms with van der Waals surface area (Å²) in [5, 5.41) is 2.82. The first-order valence-corrected chi connectivity index (χ1v) is 5.52. The molecule has 1 aromatic rings. The van der Waals surface area contributed by atoms with E-state index in [4.69, 9.17) is 4.74 Å². The van der Waals surface area contributed by atoms with Crippen LogP contribution in [-0.2, 0) is 11.3 Å². The molecule has 0 bridgehead atoms. The summed E-state index contributed by atoms with van der Waals surface area (Å²) in [6.07, 6.45) is 0.503. The number of carbonyl (C=O) groups is 1. The van der Waals surface area contributed by atoms with Crippen LogP contribution in [0.4, 0.5) is 4.79 Å². The number of nitrogens with one attached hydrogen (secondary N) is 1. The zero-order chi connectivity index (χ0) is 12.0. The summed E-state index contributed by atoms with van der Waals surface area (Å²) < 4.78 is 5.12. The van der Waals surface area contributed by atoms with E-state index in [0.29, 0.717) is 6.61 Å². The standard InChI is InChI=1S/C13H19NO2/c1-4-13(2,3)14-12(15)16-10-11-8-6-5-7-9-11/h5-9H,4,10H2,1-3H3,(H,14,15). The van der Waals surface area contributed by atoms with Gasteiger partial charge in [-0.2, -0.15) is 0 Å². The van der Waals surface area contributed by atoms with Crippen LogP contribution in [0.5, 0.6) is 0 Å². The predicted molar refractivity (Wildman–Crippen MR) is 64.1 cm³/mol. The van der Waals surface area contributed by atoms with Gasteiger partial charge in [-0.1, -0.05) is 37.3 Å². The lowest BCUT2D eigenvalue weighted by atomic mass is 10.0. The number of hydrogen-bond donors (Lipinski definition) is 1. The molecule has 0 aliphatic heterocycles. The molecule has 3 heteroatoms. The Bertz CT molecular complexity index is 333. The van der Waals surface area contributed by atoms with Gasteiger partial charge in [-0.3, -0.25) is 0 Å². The minimum atomic E-state index is -0.365. The molecule has 0 saturated heterocycles. The quantitative estimate of drug-likeness (QED) is 0.848. The number of rotatable bonds is 4. The number of amides is 1. The second-order valence-corrected chi connectivity index (χ2v) is 4.42. The molecular weight excluding hydrogens is 202 g/mol. The number of ether oxygens (including phenoxy) is 1. The number of alkyl carbamates (subject to hydrolysis) is 1. The molecule has 88 valence electrons. The Balaban J connectivity index is 2.36. The number of carbonyl (C=O) groups excluding carboxylic acids is 1. The zero-order valence-corrected chi connectivity index (χ0v) is 10.1. The van der Waals surface area contributed by atoms with Gasteiger partial charge in [0.15, 0.2) is 0 Å². The fourth-order valence-electron chi connectivity index (χ4n) is 1.12. The lowest BCUT2D eigenvalue weighted by Gasteiger charge is -2.23. The third kappa shape index (κ3) is 4.34. The van der Waals surface area contributed by atoms with Crippen LogP contribution in [0.3, 0.4) is 0 Å². The highest BCUT2D eigenvalue weighted by atomic mass is 16.5. The Morgan fingerprint density at radius 3 is 2.50 bits per heavy atom. The Labute approximate surface area is 96.8 Å². The summed E-state index contributed by atoms with van der Waals surface area (Å²) in [5.74, 6) is 0. The average molecular weight is 221 g/mol. The van der Waals surface area contributed by atoms with E-state index in [1.54, 1.807) is 0 Å². The Morgan fingerprint density at radius 2 is 1.94 bits per heavy atom. The minimum absolute atomic E-state index is 0.215. The van der Waals surface area contributed by atoms with Gasteiger partial charge in [-0.05, 0) is 25.8 Å². The lowest BCUT2D eigenvalue weighted by Crippen LogP contribution is -2.42. The normalized spacial score (nSPS) is 10.9. The van der Waals surface area contributed by atoms with Crippen molar-refractivity contribution < 1.29 is 9.53 Å². The van der Waals surface area contributed by atoms with Crippen molar-refractivity contribution in [3.05, 3.63) is 35.9 Å². The van der Waals surface area contributed by atoms with E-state index in [0.717, 1.165) is 12.0 Å². The minimum Gasteiger partial charge on any atom is -0.445 e. The molecule has 0 heterocycles. The fraction of sp³-hybridized carbons (Fsp3) is 0.462. The molecule has 0 unspecified atom stereocenters. The molecule has 0 aromatic heterocycles. The van der Waals surface area contributed by atoms with E-state index in [1.165, 1.54) is 0 Å². The van der Waals surface area contributed by atoms with Crippen LogP contribution in [0, 0.1) is 0 Å². The van der Waals surface area contributed by atoms with Crippen LogP contribution in [-0.4, -0.2) is 11.6 Å². The number of benzene rings is 1. The molecule has 0 spiro atoms. The molecule has 1 N–H and O–H groups in total. The molecule has 1 amide bonds. The molecule has 0 fully saturated rings. The monoisotopic (exact) mass is 221 g/mol. The molecule has 0 aliphatic carbocycles. The summed E-state index contributed by atoms with van der Waals surface area (Å²) in [4.78, 5) is 11.5. The van der Waals surface area contributed by atoms with Crippen LogP contribution in [0.1, 0.15) is 32.8 Å². The van der Waals surface area contributed by atoms with Gasteiger partial charge in [-0.15, -0.1) is 0 Å². The highest BCUT2D eigenvalue weighted by Crippen LogP contribution is 2.07. The summed E-state index contributed by atoms with van der Waals surface area (Å²) in [6.45, 7) is 6.28. The van der Waals surface area contributed by atoms with Crippen molar-refractivity contribution in [2.75, 3.05) is 0 Å². The topological polar surface area (TPSA) is 38.3 Å². The van der Waals surface area contributed by atoms with Crippen LogP contribution < -0.4 is 5.32 Å². The molecule has 0 radical (unpaired) electrons. The third-order valence-corrected chi connectivity index (χ3v) is 2.54. The van der Waals surface area contributed by atoms with E-state index < -0.39 is 0 Å². The SMILES string of the molecule is CCC(C)(C)NC(=O)OCc1ccccc1. The van der Waals surface area contributed by atoms with Crippen molar-refractivity contribution in [3.63, 3.8) is 0 Å². The second-order valence-electron chi connectivity index (χ2n) is 4.42. The van der Waals surface area contributed by atoms with E-state index in [1.807, 2.05) is 51.1 Å². The first-order valence-electron chi connectivity index (χ1n) is 5.52. The van der Waals surface area contributed by atoms with Crippen molar-refractivity contribution in [2.24, 2.45) is 0 Å². The van der Waals surface area contributed by atoms with Gasteiger partial charge in [-0.25, -0.2) is 4.79 Å². The Morgan fingerprint density at radius 1 is 1.31 bits per heavy atom. The van der Waals surface area contributed by atoms with E-state index in [9.17, 15) is 4.79 Å². The zero-order valence-electron chi connectivity index (χ0n) is 10.1. The lowest BCUT2D eigenvalue weighted by molar-refractivity contribution is 0.129. The highest BCUT2D eigenvalue weighted by molar-refractivity contribution is 5.68. The molecule has 0 saturated carbocycles. The summed E-state index contributed by atoms with van der Waals surface area (Å²) in [5.41, 5.74) is 0.778. The van der Waals surface area contributed by atoms with E-state index in [-0.39, 0.29) is 11.6 Å². The molecule has 16 heavy (non-hydrogen) atoms. The van der Waals surface area contributed by atoms with Gasteiger partial charge in [0.25, 0.3) is 0 Å². The van der Waals surface area contributed by atoms with Crippen molar-refractivity contribution >= 4 is 6.09 Å². The molecule has 0 atom stereocenters. The molecule has 3 nitrogen and oxygen atoms in total. The first kappa shape index (κ1) is 12.6. The third-order valence-electron chi connectivity index (χ3n) is 2.54. The fourth-order valence-corrected chi connectivity index (χ4v) is 1.12. The molecule has 0 aliphatic rings. The van der Waals surface area contributed by atoms with Gasteiger partial charge in [0.2, 0.25) is 0 Å². The van der Waals surface area contributed by atoms with Crippen molar-refractivity contribution in [3.8, 4) is 0 Å². The van der Waals surface area contributed by atoms with Crippen molar-refractivity contribution in [1.82, 2.24) is 5.32 Å². The second kappa shape index (κ2) is 5.54. The van der Waals surface area contributed by atoms with Gasteiger partial charge in [0, 0.05) is 5.54 Å². The maximum Gasteiger partial charge on any atom is 0.407 e. The van der Waals surface area contributed by atoms with Crippen molar-refractivity contribution in [1.29, 1.82) is 0 Å². The summed E-state index contributed by atoms with van der Waals surface area (Å²) in [7, 11) is 0. The van der Waals surface area contributed by atoms with Gasteiger partial charge >= 0.3 is 6.09 Å². The van der Waals surface area contributed by atoms with Gasteiger partial charge in [0.05, 0.1) is 0 Å². The predicted octanol–water partition coefficient (Wildman–Crippen LogP) is 3.10. The summed E-state index contributed by atoms with van der Waals surface area (Å²) in [6, 6.07) is 9.64. The van der Waals surface area contributed by atoms with Crippen LogP contribution in [0.25, 0.3) is 0 Å². The molecular formula is C13H19NO2. The van der Waals surface area contributed by atoms with Gasteiger partial charge < -0.3 is 10.1 Å².